The van der Waals surface area contributed by atoms with Crippen LogP contribution < -0.4 is 5.32 Å². The van der Waals surface area contributed by atoms with Crippen LogP contribution in [0.1, 0.15) is 15.9 Å². The number of carbonyl (C=O) groups excluding carboxylic acids is 2. The van der Waals surface area contributed by atoms with Crippen molar-refractivity contribution in [3.63, 3.8) is 0 Å². The molecule has 0 spiro atoms. The standard InChI is InChI=1S/C17H14ClF2NO3/c1-24-17(23)15(6-10-3-2-4-12(18)5-10)21-16(22)11-7-13(19)9-14(20)8-11/h2-5,7-9,15H,6H2,1H3,(H,21,22)/t15-/m0/s1. The van der Waals surface area contributed by atoms with Crippen molar-refractivity contribution < 1.29 is 23.1 Å². The molecule has 24 heavy (non-hydrogen) atoms. The summed E-state index contributed by atoms with van der Waals surface area (Å²) in [7, 11) is 1.18. The Morgan fingerprint density at radius 1 is 1.17 bits per heavy atom. The molecule has 1 amide bonds. The van der Waals surface area contributed by atoms with E-state index in [9.17, 15) is 18.4 Å². The highest BCUT2D eigenvalue weighted by molar-refractivity contribution is 6.30. The zero-order valence-electron chi connectivity index (χ0n) is 12.7. The molecule has 0 aliphatic rings. The van der Waals surface area contributed by atoms with E-state index in [2.05, 4.69) is 10.1 Å². The van der Waals surface area contributed by atoms with Gasteiger partial charge in [-0.25, -0.2) is 13.6 Å². The van der Waals surface area contributed by atoms with Crippen LogP contribution >= 0.6 is 11.6 Å². The molecule has 0 aliphatic heterocycles. The van der Waals surface area contributed by atoms with Crippen LogP contribution in [-0.2, 0) is 16.0 Å². The van der Waals surface area contributed by atoms with Gasteiger partial charge in [-0.3, -0.25) is 4.79 Å². The van der Waals surface area contributed by atoms with E-state index in [4.69, 9.17) is 11.6 Å². The Balaban J connectivity index is 2.19. The molecule has 0 aromatic heterocycles. The van der Waals surface area contributed by atoms with Crippen molar-refractivity contribution in [2.75, 3.05) is 7.11 Å². The number of ether oxygens (including phenoxy) is 1. The molecule has 2 aromatic carbocycles. The number of esters is 1. The molecule has 0 heterocycles. The van der Waals surface area contributed by atoms with E-state index in [1.165, 1.54) is 7.11 Å². The van der Waals surface area contributed by atoms with Crippen LogP contribution in [0.4, 0.5) is 8.78 Å². The number of benzene rings is 2. The van der Waals surface area contributed by atoms with Gasteiger partial charge in [0.25, 0.3) is 5.91 Å². The van der Waals surface area contributed by atoms with Gasteiger partial charge < -0.3 is 10.1 Å². The second-order valence-corrected chi connectivity index (χ2v) is 5.48. The zero-order chi connectivity index (χ0) is 17.7. The number of methoxy groups -OCH3 is 1. The number of hydrogen-bond donors (Lipinski definition) is 1. The molecule has 7 heteroatoms. The summed E-state index contributed by atoms with van der Waals surface area (Å²) in [5, 5.41) is 2.90. The summed E-state index contributed by atoms with van der Waals surface area (Å²) in [4.78, 5) is 24.0. The van der Waals surface area contributed by atoms with E-state index in [0.717, 1.165) is 12.1 Å². The molecule has 0 bridgehead atoms. The molecule has 1 N–H and O–H groups in total. The highest BCUT2D eigenvalue weighted by Crippen LogP contribution is 2.14. The highest BCUT2D eigenvalue weighted by Gasteiger charge is 2.23. The summed E-state index contributed by atoms with van der Waals surface area (Å²) >= 11 is 5.89. The minimum atomic E-state index is -1.02. The Labute approximate surface area is 142 Å². The van der Waals surface area contributed by atoms with E-state index >= 15 is 0 Å². The smallest absolute Gasteiger partial charge is 0.328 e. The van der Waals surface area contributed by atoms with Crippen molar-refractivity contribution in [2.24, 2.45) is 0 Å². The molecule has 0 unspecified atom stereocenters. The van der Waals surface area contributed by atoms with Crippen LogP contribution in [0.5, 0.6) is 0 Å². The molecule has 2 rings (SSSR count). The van der Waals surface area contributed by atoms with Gasteiger partial charge >= 0.3 is 5.97 Å². The molecule has 4 nitrogen and oxygen atoms in total. The Morgan fingerprint density at radius 3 is 2.42 bits per heavy atom. The van der Waals surface area contributed by atoms with Crippen LogP contribution in [0.3, 0.4) is 0 Å². The predicted molar refractivity (Wildman–Crippen MR) is 84.8 cm³/mol. The van der Waals surface area contributed by atoms with Gasteiger partial charge in [0.1, 0.15) is 17.7 Å². The first-order valence-electron chi connectivity index (χ1n) is 6.98. The number of halogens is 3. The second-order valence-electron chi connectivity index (χ2n) is 5.04. The third-order valence-electron chi connectivity index (χ3n) is 3.24. The Hall–Kier alpha value is -2.47. The molecular weight excluding hydrogens is 340 g/mol. The summed E-state index contributed by atoms with van der Waals surface area (Å²) in [5.41, 5.74) is 0.469. The number of nitrogens with one attached hydrogen (secondary N) is 1. The molecule has 0 saturated carbocycles. The van der Waals surface area contributed by atoms with Crippen molar-refractivity contribution in [3.05, 3.63) is 70.2 Å². The number of hydrogen-bond acceptors (Lipinski definition) is 3. The average Bonchev–Trinajstić information content (AvgIpc) is 2.52. The second kappa shape index (κ2) is 7.88. The zero-order valence-corrected chi connectivity index (χ0v) is 13.4. The maximum atomic E-state index is 13.2. The lowest BCUT2D eigenvalue weighted by Gasteiger charge is -2.17. The molecule has 0 radical (unpaired) electrons. The number of rotatable bonds is 5. The highest BCUT2D eigenvalue weighted by atomic mass is 35.5. The summed E-state index contributed by atoms with van der Waals surface area (Å²) < 4.78 is 31.1. The van der Waals surface area contributed by atoms with Crippen molar-refractivity contribution >= 4 is 23.5 Å². The molecule has 0 aliphatic carbocycles. The Bertz CT molecular complexity index is 747. The average molecular weight is 354 g/mol. The van der Waals surface area contributed by atoms with Crippen molar-refractivity contribution in [1.82, 2.24) is 5.32 Å². The third kappa shape index (κ3) is 4.76. The lowest BCUT2D eigenvalue weighted by molar-refractivity contribution is -0.142. The van der Waals surface area contributed by atoms with Gasteiger partial charge in [-0.2, -0.15) is 0 Å². The molecule has 0 fully saturated rings. The topological polar surface area (TPSA) is 55.4 Å². The van der Waals surface area contributed by atoms with E-state index in [1.807, 2.05) is 0 Å². The Morgan fingerprint density at radius 2 is 1.83 bits per heavy atom. The first kappa shape index (κ1) is 17.9. The van der Waals surface area contributed by atoms with Crippen molar-refractivity contribution in [2.45, 2.75) is 12.5 Å². The fourth-order valence-electron chi connectivity index (χ4n) is 2.16. The maximum absolute atomic E-state index is 13.2. The maximum Gasteiger partial charge on any atom is 0.328 e. The van der Waals surface area contributed by atoms with E-state index < -0.39 is 29.6 Å². The van der Waals surface area contributed by atoms with Gasteiger partial charge in [0.05, 0.1) is 7.11 Å². The summed E-state index contributed by atoms with van der Waals surface area (Å²) in [5.74, 6) is -3.24. The quantitative estimate of drug-likeness (QED) is 0.840. The fourth-order valence-corrected chi connectivity index (χ4v) is 2.37. The Kier molecular flexibility index (Phi) is 5.87. The van der Waals surface area contributed by atoms with E-state index in [0.29, 0.717) is 16.7 Å². The van der Waals surface area contributed by atoms with Crippen LogP contribution in [0.2, 0.25) is 5.02 Å². The molecule has 126 valence electrons. The lowest BCUT2D eigenvalue weighted by Crippen LogP contribution is -2.43. The number of carbonyl (C=O) groups is 2. The predicted octanol–water partition coefficient (Wildman–Crippen LogP) is 3.13. The molecule has 1 atom stereocenters. The van der Waals surface area contributed by atoms with E-state index in [-0.39, 0.29) is 12.0 Å². The third-order valence-corrected chi connectivity index (χ3v) is 3.48. The summed E-state index contributed by atoms with van der Waals surface area (Å²) in [6, 6.07) is 8.15. The number of amides is 1. The molecular formula is C17H14ClF2NO3. The van der Waals surface area contributed by atoms with Gasteiger partial charge in [0, 0.05) is 23.1 Å². The SMILES string of the molecule is COC(=O)[C@H](Cc1cccc(Cl)c1)NC(=O)c1cc(F)cc(F)c1. The van der Waals surface area contributed by atoms with Crippen LogP contribution in [0.25, 0.3) is 0 Å². The first-order chi connectivity index (χ1) is 11.4. The van der Waals surface area contributed by atoms with Gasteiger partial charge in [-0.05, 0) is 29.8 Å². The first-order valence-corrected chi connectivity index (χ1v) is 7.36. The van der Waals surface area contributed by atoms with Gasteiger partial charge in [-0.15, -0.1) is 0 Å². The van der Waals surface area contributed by atoms with Crippen LogP contribution in [0.15, 0.2) is 42.5 Å². The van der Waals surface area contributed by atoms with Crippen molar-refractivity contribution in [1.29, 1.82) is 0 Å². The lowest BCUT2D eigenvalue weighted by atomic mass is 10.1. The normalized spacial score (nSPS) is 11.7. The van der Waals surface area contributed by atoms with Crippen LogP contribution in [-0.4, -0.2) is 25.0 Å². The van der Waals surface area contributed by atoms with Crippen LogP contribution in [0, 0.1) is 11.6 Å². The van der Waals surface area contributed by atoms with Gasteiger partial charge in [0.2, 0.25) is 0 Å². The summed E-state index contributed by atoms with van der Waals surface area (Å²) in [6.07, 6.45) is 0.122. The van der Waals surface area contributed by atoms with Gasteiger partial charge in [0.15, 0.2) is 0 Å². The minimum Gasteiger partial charge on any atom is -0.467 e. The molecule has 2 aromatic rings. The van der Waals surface area contributed by atoms with Crippen molar-refractivity contribution in [3.8, 4) is 0 Å². The monoisotopic (exact) mass is 353 g/mol. The van der Waals surface area contributed by atoms with Gasteiger partial charge in [-0.1, -0.05) is 23.7 Å². The molecule has 0 saturated heterocycles. The summed E-state index contributed by atoms with van der Waals surface area (Å²) in [6.45, 7) is 0. The van der Waals surface area contributed by atoms with E-state index in [1.54, 1.807) is 24.3 Å². The fraction of sp³-hybridized carbons (Fsp3) is 0.176. The largest absolute Gasteiger partial charge is 0.467 e. The minimum absolute atomic E-state index is 0.122.